The highest BCUT2D eigenvalue weighted by Crippen LogP contribution is 2.35. The van der Waals surface area contributed by atoms with Crippen LogP contribution >= 0.6 is 11.8 Å². The Labute approximate surface area is 190 Å². The maximum absolute atomic E-state index is 12.9. The molecule has 0 saturated carbocycles. The second-order valence-corrected chi connectivity index (χ2v) is 8.98. The van der Waals surface area contributed by atoms with Gasteiger partial charge in [0.1, 0.15) is 12.3 Å². The maximum Gasteiger partial charge on any atom is 0.294 e. The molecular formula is C24H34N2O4S. The molecule has 1 aliphatic rings. The van der Waals surface area contributed by atoms with Gasteiger partial charge in [0.05, 0.1) is 11.5 Å². The van der Waals surface area contributed by atoms with Crippen molar-refractivity contribution in [3.8, 4) is 5.75 Å². The number of nitrogens with zero attached hydrogens (tertiary/aromatic N) is 2. The summed E-state index contributed by atoms with van der Waals surface area (Å²) in [7, 11) is 0. The number of hydrogen-bond donors (Lipinski definition) is 0. The molecule has 2 rings (SSSR count). The van der Waals surface area contributed by atoms with E-state index in [-0.39, 0.29) is 18.4 Å². The summed E-state index contributed by atoms with van der Waals surface area (Å²) in [5.74, 6) is 0.505. The predicted octanol–water partition coefficient (Wildman–Crippen LogP) is 5.20. The molecule has 31 heavy (non-hydrogen) atoms. The third-order valence-electron chi connectivity index (χ3n) is 5.11. The molecule has 1 aromatic carbocycles. The molecule has 1 heterocycles. The van der Waals surface area contributed by atoms with Crippen LogP contribution in [0.5, 0.6) is 5.75 Å². The lowest BCUT2D eigenvalue weighted by Gasteiger charge is -2.23. The normalized spacial score (nSPS) is 15.3. The van der Waals surface area contributed by atoms with Crippen LogP contribution < -0.4 is 4.74 Å². The summed E-state index contributed by atoms with van der Waals surface area (Å²) in [6, 6.07) is 4.00. The molecule has 0 aliphatic carbocycles. The van der Waals surface area contributed by atoms with Crippen LogP contribution in [0.25, 0.3) is 6.08 Å². The molecule has 0 unspecified atom stereocenters. The van der Waals surface area contributed by atoms with Gasteiger partial charge >= 0.3 is 0 Å². The first-order valence-corrected chi connectivity index (χ1v) is 11.8. The number of imide groups is 1. The summed E-state index contributed by atoms with van der Waals surface area (Å²) < 4.78 is 5.77. The lowest BCUT2D eigenvalue weighted by Crippen LogP contribution is -2.42. The second-order valence-electron chi connectivity index (χ2n) is 7.98. The average molecular weight is 447 g/mol. The molecule has 7 heteroatoms. The van der Waals surface area contributed by atoms with Crippen LogP contribution in [0.4, 0.5) is 4.79 Å². The molecule has 170 valence electrons. The molecule has 1 fully saturated rings. The van der Waals surface area contributed by atoms with Crippen molar-refractivity contribution in [1.82, 2.24) is 9.80 Å². The van der Waals surface area contributed by atoms with Gasteiger partial charge in [0.25, 0.3) is 11.1 Å². The van der Waals surface area contributed by atoms with Crippen molar-refractivity contribution in [3.63, 3.8) is 0 Å². The molecular weight excluding hydrogens is 412 g/mol. The Balaban J connectivity index is 2.27. The number of aryl methyl sites for hydroxylation is 1. The molecule has 1 aromatic rings. The van der Waals surface area contributed by atoms with Crippen LogP contribution in [-0.4, -0.2) is 53.1 Å². The smallest absolute Gasteiger partial charge is 0.294 e. The summed E-state index contributed by atoms with van der Waals surface area (Å²) in [5, 5.41) is -0.398. The van der Waals surface area contributed by atoms with Crippen LogP contribution in [-0.2, 0) is 9.59 Å². The minimum absolute atomic E-state index is 0.188. The summed E-state index contributed by atoms with van der Waals surface area (Å²) in [4.78, 5) is 41.2. The van der Waals surface area contributed by atoms with Gasteiger partial charge in [-0.05, 0) is 79.3 Å². The van der Waals surface area contributed by atoms with Crippen molar-refractivity contribution in [1.29, 1.82) is 0 Å². The van der Waals surface area contributed by atoms with Crippen molar-refractivity contribution in [2.75, 3.05) is 26.2 Å². The van der Waals surface area contributed by atoms with Crippen LogP contribution in [0.3, 0.4) is 0 Å². The fourth-order valence-electron chi connectivity index (χ4n) is 3.52. The third-order valence-corrected chi connectivity index (χ3v) is 6.02. The second kappa shape index (κ2) is 11.4. The van der Waals surface area contributed by atoms with Crippen LogP contribution in [0, 0.1) is 6.92 Å². The standard InChI is InChI=1S/C24H34N2O4S/c1-7-10-25(11-8-2)22(27)15-26-23(28)21(31-24(26)29)14-18-13-19(16(4)5)20(30-9-3)12-17(18)6/h12-14,16H,7-11,15H2,1-6H3/b21-14-. The molecule has 1 saturated heterocycles. The third kappa shape index (κ3) is 6.12. The number of rotatable bonds is 10. The first-order valence-electron chi connectivity index (χ1n) is 11.0. The van der Waals surface area contributed by atoms with E-state index in [1.165, 1.54) is 0 Å². The van der Waals surface area contributed by atoms with E-state index in [1.807, 2.05) is 39.8 Å². The van der Waals surface area contributed by atoms with Crippen molar-refractivity contribution < 1.29 is 19.1 Å². The minimum atomic E-state index is -0.407. The first-order chi connectivity index (χ1) is 14.7. The van der Waals surface area contributed by atoms with Gasteiger partial charge in [0.15, 0.2) is 0 Å². The van der Waals surface area contributed by atoms with E-state index in [2.05, 4.69) is 13.8 Å². The molecule has 1 aliphatic heterocycles. The molecule has 0 aromatic heterocycles. The highest BCUT2D eigenvalue weighted by Gasteiger charge is 2.37. The lowest BCUT2D eigenvalue weighted by molar-refractivity contribution is -0.135. The van der Waals surface area contributed by atoms with Gasteiger partial charge < -0.3 is 9.64 Å². The lowest BCUT2D eigenvalue weighted by atomic mass is 9.96. The van der Waals surface area contributed by atoms with Gasteiger partial charge in [-0.15, -0.1) is 0 Å². The summed E-state index contributed by atoms with van der Waals surface area (Å²) in [6.07, 6.45) is 3.42. The molecule has 3 amide bonds. The number of carbonyl (C=O) groups is 3. The van der Waals surface area contributed by atoms with Crippen molar-refractivity contribution >= 4 is 34.9 Å². The number of ether oxygens (including phenoxy) is 1. The highest BCUT2D eigenvalue weighted by atomic mass is 32.2. The highest BCUT2D eigenvalue weighted by molar-refractivity contribution is 8.18. The molecule has 0 bridgehead atoms. The zero-order valence-corrected chi connectivity index (χ0v) is 20.3. The Kier molecular flexibility index (Phi) is 9.16. The van der Waals surface area contributed by atoms with Crippen molar-refractivity contribution in [2.45, 2.75) is 60.3 Å². The molecule has 0 N–H and O–H groups in total. The zero-order valence-electron chi connectivity index (χ0n) is 19.5. The monoisotopic (exact) mass is 446 g/mol. The van der Waals surface area contributed by atoms with Gasteiger partial charge in [-0.2, -0.15) is 0 Å². The Bertz CT molecular complexity index is 857. The van der Waals surface area contributed by atoms with Gasteiger partial charge in [-0.3, -0.25) is 19.3 Å². The Hall–Kier alpha value is -2.28. The minimum Gasteiger partial charge on any atom is -0.494 e. The molecule has 0 radical (unpaired) electrons. The van der Waals surface area contributed by atoms with Crippen LogP contribution in [0.15, 0.2) is 17.0 Å². The van der Waals surface area contributed by atoms with E-state index in [9.17, 15) is 14.4 Å². The van der Waals surface area contributed by atoms with E-state index in [0.29, 0.717) is 24.6 Å². The van der Waals surface area contributed by atoms with Crippen molar-refractivity contribution in [3.05, 3.63) is 33.7 Å². The van der Waals surface area contributed by atoms with E-state index >= 15 is 0 Å². The number of thioether (sulfide) groups is 1. The number of benzene rings is 1. The Morgan fingerprint density at radius 2 is 1.81 bits per heavy atom. The van der Waals surface area contributed by atoms with E-state index in [0.717, 1.165) is 51.9 Å². The predicted molar refractivity (Wildman–Crippen MR) is 126 cm³/mol. The first kappa shape index (κ1) is 25.0. The van der Waals surface area contributed by atoms with Gasteiger partial charge in [-0.25, -0.2) is 0 Å². The fraction of sp³-hybridized carbons (Fsp3) is 0.542. The van der Waals surface area contributed by atoms with Crippen LogP contribution in [0.1, 0.15) is 70.1 Å². The van der Waals surface area contributed by atoms with E-state index in [4.69, 9.17) is 4.74 Å². The molecule has 0 atom stereocenters. The molecule has 0 spiro atoms. The number of carbonyl (C=O) groups excluding carboxylic acids is 3. The fourth-order valence-corrected chi connectivity index (χ4v) is 4.35. The quantitative estimate of drug-likeness (QED) is 0.462. The largest absolute Gasteiger partial charge is 0.494 e. The number of amides is 3. The molecule has 6 nitrogen and oxygen atoms in total. The topological polar surface area (TPSA) is 66.9 Å². The van der Waals surface area contributed by atoms with Gasteiger partial charge in [0.2, 0.25) is 5.91 Å². The summed E-state index contributed by atoms with van der Waals surface area (Å²) >= 11 is 0.891. The van der Waals surface area contributed by atoms with Gasteiger partial charge in [0, 0.05) is 13.1 Å². The summed E-state index contributed by atoms with van der Waals surface area (Å²) in [5.41, 5.74) is 2.90. The van der Waals surface area contributed by atoms with E-state index < -0.39 is 11.1 Å². The maximum atomic E-state index is 12.9. The van der Waals surface area contributed by atoms with E-state index in [1.54, 1.807) is 11.0 Å². The zero-order chi connectivity index (χ0) is 23.1. The number of hydrogen-bond acceptors (Lipinski definition) is 5. The Morgan fingerprint density at radius 3 is 2.35 bits per heavy atom. The average Bonchev–Trinajstić information content (AvgIpc) is 2.97. The van der Waals surface area contributed by atoms with Crippen molar-refractivity contribution in [2.24, 2.45) is 0 Å². The summed E-state index contributed by atoms with van der Waals surface area (Å²) in [6.45, 7) is 13.7. The van der Waals surface area contributed by atoms with Gasteiger partial charge in [-0.1, -0.05) is 27.7 Å². The van der Waals surface area contributed by atoms with Crippen LogP contribution in [0.2, 0.25) is 0 Å². The Morgan fingerprint density at radius 1 is 1.16 bits per heavy atom. The SMILES string of the molecule is CCCN(CCC)C(=O)CN1C(=O)S/C(=C\c2cc(C(C)C)c(OCC)cc2C)C1=O.